The zero-order valence-corrected chi connectivity index (χ0v) is 13.5. The van der Waals surface area contributed by atoms with E-state index in [1.54, 1.807) is 15.5 Å². The summed E-state index contributed by atoms with van der Waals surface area (Å²) >= 11 is 0. The number of pyridine rings is 1. The molecule has 2 aliphatic heterocycles. The number of hydrogen-bond acceptors (Lipinski definition) is 3. The minimum Gasteiger partial charge on any atom is -0.351 e. The monoisotopic (exact) mass is 317 g/mol. The van der Waals surface area contributed by atoms with Crippen LogP contribution in [0.3, 0.4) is 0 Å². The van der Waals surface area contributed by atoms with Gasteiger partial charge < -0.3 is 14.8 Å². The summed E-state index contributed by atoms with van der Waals surface area (Å²) in [6, 6.07) is 5.17. The van der Waals surface area contributed by atoms with Gasteiger partial charge in [-0.2, -0.15) is 0 Å². The van der Waals surface area contributed by atoms with Gasteiger partial charge in [0.2, 0.25) is 11.8 Å². The summed E-state index contributed by atoms with van der Waals surface area (Å²) in [5.74, 6) is 0.0131. The largest absolute Gasteiger partial charge is 0.351 e. The van der Waals surface area contributed by atoms with Gasteiger partial charge in [0.25, 0.3) is 5.56 Å². The molecule has 1 aromatic rings. The van der Waals surface area contributed by atoms with E-state index in [9.17, 15) is 14.4 Å². The molecule has 6 heteroatoms. The summed E-state index contributed by atoms with van der Waals surface area (Å²) in [5, 5.41) is 3.03. The van der Waals surface area contributed by atoms with Crippen molar-refractivity contribution in [1.29, 1.82) is 0 Å². The number of aromatic nitrogens is 1. The molecule has 0 saturated carbocycles. The third-order valence-corrected chi connectivity index (χ3v) is 4.87. The second-order valence-corrected chi connectivity index (χ2v) is 6.54. The normalized spacial score (nSPS) is 24.0. The lowest BCUT2D eigenvalue weighted by molar-refractivity contribution is -0.132. The Morgan fingerprint density at radius 3 is 2.87 bits per heavy atom. The van der Waals surface area contributed by atoms with Gasteiger partial charge in [-0.3, -0.25) is 14.4 Å². The number of fused-ring (bicyclic) bond motifs is 3. The molecule has 6 nitrogen and oxygen atoms in total. The van der Waals surface area contributed by atoms with Crippen molar-refractivity contribution in [3.05, 3.63) is 34.2 Å². The van der Waals surface area contributed by atoms with Gasteiger partial charge in [-0.25, -0.2) is 0 Å². The van der Waals surface area contributed by atoms with Crippen molar-refractivity contribution in [2.75, 3.05) is 13.1 Å². The van der Waals surface area contributed by atoms with Crippen molar-refractivity contribution in [2.45, 2.75) is 45.2 Å². The first kappa shape index (κ1) is 15.8. The van der Waals surface area contributed by atoms with Crippen molar-refractivity contribution in [3.63, 3.8) is 0 Å². The average Bonchev–Trinajstić information content (AvgIpc) is 2.75. The Labute approximate surface area is 135 Å². The lowest BCUT2D eigenvalue weighted by Crippen LogP contribution is -2.42. The molecule has 23 heavy (non-hydrogen) atoms. The van der Waals surface area contributed by atoms with Gasteiger partial charge in [0.05, 0.1) is 5.92 Å². The molecule has 2 fully saturated rings. The van der Waals surface area contributed by atoms with Gasteiger partial charge in [-0.15, -0.1) is 0 Å². The molecule has 2 bridgehead atoms. The van der Waals surface area contributed by atoms with Crippen molar-refractivity contribution in [1.82, 2.24) is 14.8 Å². The number of rotatable bonds is 3. The second kappa shape index (κ2) is 6.56. The van der Waals surface area contributed by atoms with Crippen LogP contribution in [0.5, 0.6) is 0 Å². The number of carbonyl (C=O) groups excluding carboxylic acids is 2. The summed E-state index contributed by atoms with van der Waals surface area (Å²) in [7, 11) is 0. The average molecular weight is 317 g/mol. The van der Waals surface area contributed by atoms with Crippen LogP contribution in [0.2, 0.25) is 0 Å². The summed E-state index contributed by atoms with van der Waals surface area (Å²) in [5.41, 5.74) is 0.775. The fraction of sp³-hybridized carbons (Fsp3) is 0.588. The Morgan fingerprint density at radius 2 is 2.09 bits per heavy atom. The van der Waals surface area contributed by atoms with Crippen LogP contribution in [-0.4, -0.2) is 40.4 Å². The molecule has 0 aliphatic carbocycles. The number of carbonyl (C=O) groups is 2. The minimum atomic E-state index is -0.0902. The van der Waals surface area contributed by atoms with E-state index in [0.29, 0.717) is 26.1 Å². The molecule has 2 atom stereocenters. The highest BCUT2D eigenvalue weighted by Gasteiger charge is 2.34. The van der Waals surface area contributed by atoms with E-state index in [2.05, 4.69) is 5.32 Å². The molecule has 0 spiro atoms. The van der Waals surface area contributed by atoms with Crippen molar-refractivity contribution in [3.8, 4) is 0 Å². The quantitative estimate of drug-likeness (QED) is 0.891. The fourth-order valence-electron chi connectivity index (χ4n) is 3.53. The van der Waals surface area contributed by atoms with Crippen LogP contribution in [0.25, 0.3) is 0 Å². The first-order valence-corrected chi connectivity index (χ1v) is 8.29. The number of hydrogen-bond donors (Lipinski definition) is 1. The lowest BCUT2D eigenvalue weighted by Gasteiger charge is -2.27. The molecule has 2 aliphatic rings. The van der Waals surface area contributed by atoms with Gasteiger partial charge in [0.15, 0.2) is 0 Å². The van der Waals surface area contributed by atoms with Crippen LogP contribution in [0, 0.1) is 12.8 Å². The van der Waals surface area contributed by atoms with E-state index in [-0.39, 0.29) is 29.3 Å². The van der Waals surface area contributed by atoms with E-state index in [4.69, 9.17) is 0 Å². The standard InChI is InChI=1S/C17H23N3O3/c1-12-4-2-7-16(22)20(12)9-8-15(21)19-10-13-5-3-6-14(11-19)18-17(13)23/h2,4,7,13-14H,3,5-6,8-11H2,1H3,(H,18,23)/t13-,14+/m1/s1. The number of likely N-dealkylation sites (tertiary alicyclic amines) is 1. The maximum atomic E-state index is 12.6. The Kier molecular flexibility index (Phi) is 4.50. The first-order chi connectivity index (χ1) is 11.0. The Bertz CT molecular complexity index is 667. The van der Waals surface area contributed by atoms with E-state index < -0.39 is 0 Å². The number of nitrogens with zero attached hydrogens (tertiary/aromatic N) is 2. The molecule has 0 aromatic carbocycles. The Balaban J connectivity index is 1.66. The number of aryl methyl sites for hydroxylation is 1. The maximum Gasteiger partial charge on any atom is 0.250 e. The molecule has 2 saturated heterocycles. The molecule has 0 unspecified atom stereocenters. The molecule has 2 amide bonds. The van der Waals surface area contributed by atoms with Gasteiger partial charge in [-0.1, -0.05) is 12.5 Å². The van der Waals surface area contributed by atoms with Crippen molar-refractivity contribution >= 4 is 11.8 Å². The summed E-state index contributed by atoms with van der Waals surface area (Å²) in [4.78, 5) is 38.3. The Morgan fingerprint density at radius 1 is 1.26 bits per heavy atom. The Hall–Kier alpha value is -2.11. The predicted octanol–water partition coefficient (Wildman–Crippen LogP) is 0.674. The number of amides is 2. The summed E-state index contributed by atoms with van der Waals surface area (Å²) < 4.78 is 1.62. The molecule has 1 aromatic heterocycles. The summed E-state index contributed by atoms with van der Waals surface area (Å²) in [6.45, 7) is 3.34. The van der Waals surface area contributed by atoms with Crippen molar-refractivity contribution < 1.29 is 9.59 Å². The zero-order valence-electron chi connectivity index (χ0n) is 13.5. The highest BCUT2D eigenvalue weighted by Crippen LogP contribution is 2.22. The third-order valence-electron chi connectivity index (χ3n) is 4.87. The lowest BCUT2D eigenvalue weighted by atomic mass is 9.99. The molecule has 3 heterocycles. The van der Waals surface area contributed by atoms with Crippen LogP contribution >= 0.6 is 0 Å². The van der Waals surface area contributed by atoms with Gasteiger partial charge in [-0.05, 0) is 25.8 Å². The third kappa shape index (κ3) is 3.46. The molecular weight excluding hydrogens is 294 g/mol. The highest BCUT2D eigenvalue weighted by molar-refractivity contribution is 5.82. The maximum absolute atomic E-state index is 12.6. The van der Waals surface area contributed by atoms with Crippen LogP contribution in [-0.2, 0) is 16.1 Å². The van der Waals surface area contributed by atoms with E-state index in [1.165, 1.54) is 6.07 Å². The number of nitrogens with one attached hydrogen (secondary N) is 1. The van der Waals surface area contributed by atoms with Crippen molar-refractivity contribution in [2.24, 2.45) is 5.92 Å². The van der Waals surface area contributed by atoms with Crippen LogP contribution < -0.4 is 10.9 Å². The summed E-state index contributed by atoms with van der Waals surface area (Å²) in [6.07, 6.45) is 3.11. The minimum absolute atomic E-state index is 0.0218. The van der Waals surface area contributed by atoms with Gasteiger partial charge in [0, 0.05) is 43.9 Å². The molecular formula is C17H23N3O3. The predicted molar refractivity (Wildman–Crippen MR) is 85.9 cm³/mol. The fourth-order valence-corrected chi connectivity index (χ4v) is 3.53. The van der Waals surface area contributed by atoms with E-state index in [1.807, 2.05) is 13.0 Å². The SMILES string of the molecule is Cc1cccc(=O)n1CCC(=O)N1C[C@@H]2CCC[C@H](C1)C(=O)N2. The van der Waals surface area contributed by atoms with Gasteiger partial charge >= 0.3 is 0 Å². The molecule has 3 rings (SSSR count). The van der Waals surface area contributed by atoms with Crippen LogP contribution in [0.4, 0.5) is 0 Å². The second-order valence-electron chi connectivity index (χ2n) is 6.54. The smallest absolute Gasteiger partial charge is 0.250 e. The molecule has 1 N–H and O–H groups in total. The van der Waals surface area contributed by atoms with E-state index >= 15 is 0 Å². The molecule has 0 radical (unpaired) electrons. The van der Waals surface area contributed by atoms with E-state index in [0.717, 1.165) is 25.0 Å². The van der Waals surface area contributed by atoms with Crippen LogP contribution in [0.15, 0.2) is 23.0 Å². The van der Waals surface area contributed by atoms with Crippen LogP contribution in [0.1, 0.15) is 31.4 Å². The molecule has 124 valence electrons. The van der Waals surface area contributed by atoms with Gasteiger partial charge in [0.1, 0.15) is 0 Å². The topological polar surface area (TPSA) is 71.4 Å². The first-order valence-electron chi connectivity index (χ1n) is 8.29. The zero-order chi connectivity index (χ0) is 16.4. The highest BCUT2D eigenvalue weighted by atomic mass is 16.2.